The summed E-state index contributed by atoms with van der Waals surface area (Å²) in [5.74, 6) is 0.533. The molecule has 0 aliphatic carbocycles. The van der Waals surface area contributed by atoms with E-state index in [0.717, 1.165) is 29.1 Å². The normalized spacial score (nSPS) is 19.2. The number of pyridine rings is 1. The molecule has 1 saturated heterocycles. The molecule has 0 saturated carbocycles. The van der Waals surface area contributed by atoms with Crippen LogP contribution in [0.5, 0.6) is 0 Å². The van der Waals surface area contributed by atoms with E-state index in [9.17, 15) is 14.8 Å². The van der Waals surface area contributed by atoms with Crippen molar-refractivity contribution < 1.29 is 9.50 Å². The molecular formula is C21H21FN6O. The number of para-hydroxylation sites is 1. The van der Waals surface area contributed by atoms with Crippen molar-refractivity contribution in [2.24, 2.45) is 7.05 Å². The lowest BCUT2D eigenvalue weighted by Crippen LogP contribution is -2.45. The van der Waals surface area contributed by atoms with Gasteiger partial charge in [-0.05, 0) is 31.0 Å². The Hall–Kier alpha value is -3.31. The van der Waals surface area contributed by atoms with Gasteiger partial charge in [0, 0.05) is 36.8 Å². The van der Waals surface area contributed by atoms with Crippen molar-refractivity contribution in [3.8, 4) is 17.2 Å². The van der Waals surface area contributed by atoms with Crippen molar-refractivity contribution in [2.75, 3.05) is 18.1 Å². The second kappa shape index (κ2) is 7.97. The zero-order valence-corrected chi connectivity index (χ0v) is 16.0. The lowest BCUT2D eigenvalue weighted by molar-refractivity contribution is 0.229. The fourth-order valence-corrected chi connectivity index (χ4v) is 4.13. The van der Waals surface area contributed by atoms with Crippen LogP contribution in [0.3, 0.4) is 0 Å². The van der Waals surface area contributed by atoms with E-state index in [0.29, 0.717) is 18.5 Å². The maximum absolute atomic E-state index is 13.3. The van der Waals surface area contributed by atoms with Gasteiger partial charge in [0.15, 0.2) is 0 Å². The van der Waals surface area contributed by atoms with E-state index >= 15 is 0 Å². The van der Waals surface area contributed by atoms with Gasteiger partial charge in [-0.2, -0.15) is 9.65 Å². The first-order valence-electron chi connectivity index (χ1n) is 9.48. The predicted octanol–water partition coefficient (Wildman–Crippen LogP) is 2.63. The molecule has 0 radical (unpaired) electrons. The molecule has 3 heterocycles. The minimum absolute atomic E-state index is 0.0464. The van der Waals surface area contributed by atoms with Crippen molar-refractivity contribution in [1.82, 2.24) is 19.7 Å². The third-order valence-electron chi connectivity index (χ3n) is 5.52. The smallest absolute Gasteiger partial charge is 0.212 e. The molecule has 7 nitrogen and oxygen atoms in total. The number of aromatic nitrogens is 4. The molecule has 3 aromatic rings. The Labute approximate surface area is 168 Å². The van der Waals surface area contributed by atoms with E-state index in [4.69, 9.17) is 0 Å². The first-order chi connectivity index (χ1) is 14.1. The molecule has 2 unspecified atom stereocenters. The Kier molecular flexibility index (Phi) is 5.23. The molecule has 2 atom stereocenters. The molecular weight excluding hydrogens is 371 g/mol. The third kappa shape index (κ3) is 3.57. The summed E-state index contributed by atoms with van der Waals surface area (Å²) in [6.07, 6.45) is 4.67. The van der Waals surface area contributed by atoms with Gasteiger partial charge in [0.1, 0.15) is 18.2 Å². The Morgan fingerprint density at radius 2 is 2.17 bits per heavy atom. The molecule has 148 valence electrons. The van der Waals surface area contributed by atoms with Gasteiger partial charge in [-0.15, -0.1) is 10.2 Å². The van der Waals surface area contributed by atoms with Crippen LogP contribution in [-0.2, 0) is 7.05 Å². The Balaban J connectivity index is 1.73. The van der Waals surface area contributed by atoms with Gasteiger partial charge in [-0.1, -0.05) is 12.1 Å². The van der Waals surface area contributed by atoms with Crippen molar-refractivity contribution in [2.45, 2.75) is 24.8 Å². The molecule has 29 heavy (non-hydrogen) atoms. The van der Waals surface area contributed by atoms with Crippen LogP contribution >= 0.6 is 0 Å². The highest BCUT2D eigenvalue weighted by atomic mass is 19.1. The van der Waals surface area contributed by atoms with Crippen LogP contribution in [0.4, 0.5) is 10.1 Å². The first-order valence-corrected chi connectivity index (χ1v) is 9.48. The number of hydrogen-bond acceptors (Lipinski definition) is 6. The number of piperidine rings is 1. The Morgan fingerprint density at radius 1 is 1.31 bits per heavy atom. The molecule has 1 N–H and O–H groups in total. The molecule has 1 aliphatic rings. The lowest BCUT2D eigenvalue weighted by atomic mass is 9.88. The van der Waals surface area contributed by atoms with E-state index < -0.39 is 5.95 Å². The van der Waals surface area contributed by atoms with Gasteiger partial charge in [0.05, 0.1) is 23.9 Å². The molecule has 8 heteroatoms. The fourth-order valence-electron chi connectivity index (χ4n) is 4.13. The number of benzene rings is 1. The number of aryl methyl sites for hydroxylation is 1. The standard InChI is InChI=1S/C21H21FN6O/c1-27-13-25-26-21(27)14-7-8-28(17(9-14)12-29)20-15(10-23)3-2-4-18(20)16-5-6-19(22)24-11-16/h2-6,11,13-14,17,29H,7-9,12H2,1H3. The van der Waals surface area contributed by atoms with Crippen LogP contribution in [0.25, 0.3) is 11.1 Å². The molecule has 0 bridgehead atoms. The number of nitriles is 1. The van der Waals surface area contributed by atoms with Gasteiger partial charge in [-0.3, -0.25) is 0 Å². The van der Waals surface area contributed by atoms with E-state index in [-0.39, 0.29) is 18.6 Å². The molecule has 0 amide bonds. The van der Waals surface area contributed by atoms with Crippen LogP contribution in [0, 0.1) is 17.3 Å². The Bertz CT molecular complexity index is 1040. The van der Waals surface area contributed by atoms with Gasteiger partial charge in [0.25, 0.3) is 0 Å². The second-order valence-electron chi connectivity index (χ2n) is 7.23. The third-order valence-corrected chi connectivity index (χ3v) is 5.52. The summed E-state index contributed by atoms with van der Waals surface area (Å²) in [6.45, 7) is 0.609. The summed E-state index contributed by atoms with van der Waals surface area (Å²) < 4.78 is 15.2. The number of halogens is 1. The van der Waals surface area contributed by atoms with E-state index in [2.05, 4.69) is 26.2 Å². The van der Waals surface area contributed by atoms with E-state index in [1.54, 1.807) is 24.5 Å². The summed E-state index contributed by atoms with van der Waals surface area (Å²) in [6, 6.07) is 10.5. The summed E-state index contributed by atoms with van der Waals surface area (Å²) in [5, 5.41) is 28.1. The van der Waals surface area contributed by atoms with Crippen molar-refractivity contribution in [3.63, 3.8) is 0 Å². The topological polar surface area (TPSA) is 90.9 Å². The summed E-state index contributed by atoms with van der Waals surface area (Å²) >= 11 is 0. The summed E-state index contributed by atoms with van der Waals surface area (Å²) in [4.78, 5) is 5.84. The predicted molar refractivity (Wildman–Crippen MR) is 106 cm³/mol. The van der Waals surface area contributed by atoms with Crippen LogP contribution in [0.1, 0.15) is 30.1 Å². The molecule has 0 spiro atoms. The number of rotatable bonds is 4. The maximum atomic E-state index is 13.3. The minimum Gasteiger partial charge on any atom is -0.394 e. The fraction of sp³-hybridized carbons (Fsp3) is 0.333. The highest BCUT2D eigenvalue weighted by molar-refractivity contribution is 5.83. The van der Waals surface area contributed by atoms with Crippen molar-refractivity contribution in [3.05, 3.63) is 60.2 Å². The average Bonchev–Trinajstić information content (AvgIpc) is 3.19. The summed E-state index contributed by atoms with van der Waals surface area (Å²) in [7, 11) is 1.92. The SMILES string of the molecule is Cn1cnnc1C1CCN(c2c(C#N)cccc2-c2ccc(F)nc2)C(CO)C1. The quantitative estimate of drug-likeness (QED) is 0.687. The average molecular weight is 392 g/mol. The van der Waals surface area contributed by atoms with E-state index in [1.165, 1.54) is 12.3 Å². The van der Waals surface area contributed by atoms with Crippen molar-refractivity contribution >= 4 is 5.69 Å². The zero-order valence-electron chi connectivity index (χ0n) is 16.0. The van der Waals surface area contributed by atoms with E-state index in [1.807, 2.05) is 17.7 Å². The molecule has 1 fully saturated rings. The highest BCUT2D eigenvalue weighted by Crippen LogP contribution is 2.39. The second-order valence-corrected chi connectivity index (χ2v) is 7.23. The van der Waals surface area contributed by atoms with Crippen LogP contribution in [0.15, 0.2) is 42.9 Å². The largest absolute Gasteiger partial charge is 0.394 e. The maximum Gasteiger partial charge on any atom is 0.212 e. The number of anilines is 1. The highest BCUT2D eigenvalue weighted by Gasteiger charge is 2.33. The monoisotopic (exact) mass is 392 g/mol. The zero-order chi connectivity index (χ0) is 20.4. The Morgan fingerprint density at radius 3 is 2.83 bits per heavy atom. The number of aliphatic hydroxyl groups is 1. The summed E-state index contributed by atoms with van der Waals surface area (Å²) in [5.41, 5.74) is 2.79. The molecule has 1 aliphatic heterocycles. The molecule has 2 aromatic heterocycles. The number of hydrogen-bond donors (Lipinski definition) is 1. The van der Waals surface area contributed by atoms with Crippen LogP contribution in [0.2, 0.25) is 0 Å². The lowest BCUT2D eigenvalue weighted by Gasteiger charge is -2.41. The number of nitrogens with zero attached hydrogens (tertiary/aromatic N) is 6. The van der Waals surface area contributed by atoms with Gasteiger partial charge in [0.2, 0.25) is 5.95 Å². The van der Waals surface area contributed by atoms with Crippen molar-refractivity contribution in [1.29, 1.82) is 5.26 Å². The first kappa shape index (κ1) is 19.0. The van der Waals surface area contributed by atoms with Crippen LogP contribution < -0.4 is 4.90 Å². The van der Waals surface area contributed by atoms with Crippen LogP contribution in [-0.4, -0.2) is 44.0 Å². The minimum atomic E-state index is -0.551. The molecule has 4 rings (SSSR count). The van der Waals surface area contributed by atoms with Gasteiger partial charge >= 0.3 is 0 Å². The van der Waals surface area contributed by atoms with Gasteiger partial charge in [-0.25, -0.2) is 4.98 Å². The van der Waals surface area contributed by atoms with Gasteiger partial charge < -0.3 is 14.6 Å². The number of aliphatic hydroxyl groups excluding tert-OH is 1. The molecule has 1 aromatic carbocycles.